The Morgan fingerprint density at radius 1 is 1.11 bits per heavy atom. The smallest absolute Gasteiger partial charge is 0.253 e. The van der Waals surface area contributed by atoms with E-state index < -0.39 is 0 Å². The number of carbonyl (C=O) groups is 2. The largest absolute Gasteiger partial charge is 0.478 e. The van der Waals surface area contributed by atoms with Crippen molar-refractivity contribution in [2.75, 3.05) is 19.7 Å². The van der Waals surface area contributed by atoms with E-state index in [0.29, 0.717) is 30.2 Å². The van der Waals surface area contributed by atoms with Crippen LogP contribution in [0.2, 0.25) is 0 Å². The molecule has 1 aromatic heterocycles. The predicted octanol–water partition coefficient (Wildman–Crippen LogP) is 3.04. The van der Waals surface area contributed by atoms with Crippen molar-refractivity contribution in [1.82, 2.24) is 15.2 Å². The molecule has 1 aromatic carbocycles. The molecule has 2 aromatic rings. The highest BCUT2D eigenvalue weighted by Crippen LogP contribution is 2.15. The van der Waals surface area contributed by atoms with Crippen molar-refractivity contribution in [2.45, 2.75) is 32.7 Å². The maximum Gasteiger partial charge on any atom is 0.253 e. The number of benzene rings is 1. The van der Waals surface area contributed by atoms with Crippen LogP contribution in [0.15, 0.2) is 42.6 Å². The Balaban J connectivity index is 1.61. The molecule has 0 spiro atoms. The minimum atomic E-state index is -0.203. The summed E-state index contributed by atoms with van der Waals surface area (Å²) >= 11 is 0. The van der Waals surface area contributed by atoms with Crippen molar-refractivity contribution >= 4 is 11.8 Å². The number of rotatable bonds is 6. The van der Waals surface area contributed by atoms with E-state index in [1.165, 1.54) is 6.42 Å². The Kier molecular flexibility index (Phi) is 6.41. The summed E-state index contributed by atoms with van der Waals surface area (Å²) in [5, 5.41) is 2.88. The molecule has 0 bridgehead atoms. The van der Waals surface area contributed by atoms with Crippen molar-refractivity contribution in [3.63, 3.8) is 0 Å². The van der Waals surface area contributed by atoms with E-state index in [2.05, 4.69) is 10.3 Å². The number of pyridine rings is 1. The van der Waals surface area contributed by atoms with Crippen LogP contribution >= 0.6 is 0 Å². The van der Waals surface area contributed by atoms with E-state index in [-0.39, 0.29) is 11.8 Å². The number of aromatic nitrogens is 1. The lowest BCUT2D eigenvalue weighted by Crippen LogP contribution is -2.35. The number of nitrogens with one attached hydrogen (secondary N) is 1. The molecular weight excluding hydrogens is 342 g/mol. The third-order valence-electron chi connectivity index (χ3n) is 4.56. The first-order chi connectivity index (χ1) is 13.2. The molecule has 1 saturated heterocycles. The number of nitrogens with zero attached hydrogens (tertiary/aromatic N) is 2. The van der Waals surface area contributed by atoms with Gasteiger partial charge in [-0.15, -0.1) is 0 Å². The number of piperidine rings is 1. The Hall–Kier alpha value is -2.89. The quantitative estimate of drug-likeness (QED) is 0.852. The third-order valence-corrected chi connectivity index (χ3v) is 4.56. The zero-order valence-electron chi connectivity index (χ0n) is 15.6. The molecule has 1 N–H and O–H groups in total. The highest BCUT2D eigenvalue weighted by Gasteiger charge is 2.18. The van der Waals surface area contributed by atoms with E-state index in [0.717, 1.165) is 31.5 Å². The van der Waals surface area contributed by atoms with E-state index >= 15 is 0 Å². The highest BCUT2D eigenvalue weighted by molar-refractivity contribution is 5.95. The van der Waals surface area contributed by atoms with Crippen LogP contribution in [0.1, 0.15) is 52.5 Å². The molecular formula is C21H25N3O3. The Morgan fingerprint density at radius 3 is 2.70 bits per heavy atom. The van der Waals surface area contributed by atoms with E-state index in [4.69, 9.17) is 4.74 Å². The second kappa shape index (κ2) is 9.16. The fraction of sp³-hybridized carbons (Fsp3) is 0.381. The van der Waals surface area contributed by atoms with Crippen molar-refractivity contribution < 1.29 is 14.3 Å². The van der Waals surface area contributed by atoms with Crippen LogP contribution in [-0.4, -0.2) is 41.4 Å². The van der Waals surface area contributed by atoms with Gasteiger partial charge in [-0.25, -0.2) is 4.98 Å². The fourth-order valence-electron chi connectivity index (χ4n) is 3.16. The molecule has 0 radical (unpaired) electrons. The van der Waals surface area contributed by atoms with Gasteiger partial charge in [0, 0.05) is 43.0 Å². The van der Waals surface area contributed by atoms with E-state index in [1.807, 2.05) is 36.1 Å². The van der Waals surface area contributed by atoms with Gasteiger partial charge in [-0.3, -0.25) is 9.59 Å². The van der Waals surface area contributed by atoms with Crippen molar-refractivity contribution in [3.05, 3.63) is 59.3 Å². The van der Waals surface area contributed by atoms with Gasteiger partial charge in [-0.2, -0.15) is 0 Å². The molecule has 0 saturated carbocycles. The van der Waals surface area contributed by atoms with Crippen molar-refractivity contribution in [2.24, 2.45) is 0 Å². The Morgan fingerprint density at radius 2 is 1.93 bits per heavy atom. The van der Waals surface area contributed by atoms with Gasteiger partial charge in [0.1, 0.15) is 0 Å². The van der Waals surface area contributed by atoms with Gasteiger partial charge in [0.25, 0.3) is 11.8 Å². The van der Waals surface area contributed by atoms with E-state index in [9.17, 15) is 9.59 Å². The molecule has 1 fully saturated rings. The lowest BCUT2D eigenvalue weighted by atomic mass is 10.1. The molecule has 6 nitrogen and oxygen atoms in total. The van der Waals surface area contributed by atoms with Crippen molar-refractivity contribution in [1.29, 1.82) is 0 Å². The minimum absolute atomic E-state index is 0.0679. The normalized spacial score (nSPS) is 13.9. The number of hydrogen-bond acceptors (Lipinski definition) is 4. The molecule has 6 heteroatoms. The average Bonchev–Trinajstić information content (AvgIpc) is 2.73. The number of amides is 2. The molecule has 3 rings (SSSR count). The lowest BCUT2D eigenvalue weighted by Gasteiger charge is -2.26. The standard InChI is InChI=1S/C21H25N3O3/c1-2-27-19-14-17(9-10-22-19)20(25)23-15-16-7-6-8-18(13-16)21(26)24-11-4-3-5-12-24/h6-10,13-14H,2-5,11-12,15H2,1H3,(H,23,25). The van der Waals surface area contributed by atoms with Crippen LogP contribution in [-0.2, 0) is 6.54 Å². The lowest BCUT2D eigenvalue weighted by molar-refractivity contribution is 0.0724. The van der Waals surface area contributed by atoms with E-state index in [1.54, 1.807) is 18.3 Å². The van der Waals surface area contributed by atoms with Gasteiger partial charge in [0.15, 0.2) is 0 Å². The number of carbonyl (C=O) groups excluding carboxylic acids is 2. The molecule has 1 aliphatic heterocycles. The summed E-state index contributed by atoms with van der Waals surface area (Å²) in [4.78, 5) is 31.0. The van der Waals surface area contributed by atoms with Gasteiger partial charge < -0.3 is 15.0 Å². The molecule has 0 aliphatic carbocycles. The molecule has 2 heterocycles. The first kappa shape index (κ1) is 18.9. The van der Waals surface area contributed by atoms with Gasteiger partial charge >= 0.3 is 0 Å². The molecule has 1 aliphatic rings. The zero-order valence-corrected chi connectivity index (χ0v) is 15.6. The molecule has 27 heavy (non-hydrogen) atoms. The van der Waals surface area contributed by atoms with Gasteiger partial charge in [-0.1, -0.05) is 12.1 Å². The number of ether oxygens (including phenoxy) is 1. The van der Waals surface area contributed by atoms with Crippen LogP contribution in [0, 0.1) is 0 Å². The van der Waals surface area contributed by atoms with Gasteiger partial charge in [0.2, 0.25) is 5.88 Å². The maximum atomic E-state index is 12.6. The monoisotopic (exact) mass is 367 g/mol. The van der Waals surface area contributed by atoms with Crippen LogP contribution in [0.3, 0.4) is 0 Å². The summed E-state index contributed by atoms with van der Waals surface area (Å²) in [6, 6.07) is 10.7. The first-order valence-corrected chi connectivity index (χ1v) is 9.42. The first-order valence-electron chi connectivity index (χ1n) is 9.42. The summed E-state index contributed by atoms with van der Waals surface area (Å²) in [5.41, 5.74) is 2.06. The third kappa shape index (κ3) is 5.06. The maximum absolute atomic E-state index is 12.6. The van der Waals surface area contributed by atoms with Crippen LogP contribution in [0.5, 0.6) is 5.88 Å². The Labute approximate surface area is 159 Å². The van der Waals surface area contributed by atoms with Gasteiger partial charge in [0.05, 0.1) is 6.61 Å². The van der Waals surface area contributed by atoms with Crippen LogP contribution < -0.4 is 10.1 Å². The second-order valence-corrected chi connectivity index (χ2v) is 6.55. The summed E-state index contributed by atoms with van der Waals surface area (Å²) in [7, 11) is 0. The number of hydrogen-bond donors (Lipinski definition) is 1. The summed E-state index contributed by atoms with van der Waals surface area (Å²) in [6.45, 7) is 4.36. The fourth-order valence-corrected chi connectivity index (χ4v) is 3.16. The summed E-state index contributed by atoms with van der Waals surface area (Å²) in [6.07, 6.45) is 4.88. The van der Waals surface area contributed by atoms with Crippen LogP contribution in [0.25, 0.3) is 0 Å². The molecule has 142 valence electrons. The SMILES string of the molecule is CCOc1cc(C(=O)NCc2cccc(C(=O)N3CCCCC3)c2)ccn1. The zero-order chi connectivity index (χ0) is 19.1. The average molecular weight is 367 g/mol. The highest BCUT2D eigenvalue weighted by atomic mass is 16.5. The predicted molar refractivity (Wildman–Crippen MR) is 103 cm³/mol. The molecule has 2 amide bonds. The topological polar surface area (TPSA) is 71.5 Å². The number of likely N-dealkylation sites (tertiary alicyclic amines) is 1. The summed E-state index contributed by atoms with van der Waals surface area (Å²) in [5.74, 6) is 0.295. The Bertz CT molecular complexity index is 801. The second-order valence-electron chi connectivity index (χ2n) is 6.55. The molecule has 0 atom stereocenters. The summed E-state index contributed by atoms with van der Waals surface area (Å²) < 4.78 is 5.33. The molecule has 0 unspecified atom stereocenters. The van der Waals surface area contributed by atoms with Gasteiger partial charge in [-0.05, 0) is 49.9 Å². The minimum Gasteiger partial charge on any atom is -0.478 e. The van der Waals surface area contributed by atoms with Crippen molar-refractivity contribution in [3.8, 4) is 5.88 Å². The van der Waals surface area contributed by atoms with Crippen LogP contribution in [0.4, 0.5) is 0 Å².